The van der Waals surface area contributed by atoms with Gasteiger partial charge in [0.2, 0.25) is 0 Å². The smallest absolute Gasteiger partial charge is 0.150 e. The maximum atomic E-state index is 13.4. The zero-order valence-corrected chi connectivity index (χ0v) is 12.0. The van der Waals surface area contributed by atoms with Crippen molar-refractivity contribution < 1.29 is 9.50 Å². The van der Waals surface area contributed by atoms with Crippen molar-refractivity contribution in [3.05, 3.63) is 47.3 Å². The van der Waals surface area contributed by atoms with Crippen molar-refractivity contribution in [3.63, 3.8) is 0 Å². The summed E-state index contributed by atoms with van der Waals surface area (Å²) in [6, 6.07) is 6.58. The minimum Gasteiger partial charge on any atom is -0.392 e. The number of H-pyrrole nitrogens is 1. The average molecular weight is 290 g/mol. The van der Waals surface area contributed by atoms with Crippen molar-refractivity contribution in [2.45, 2.75) is 38.5 Å². The second-order valence-corrected chi connectivity index (χ2v) is 5.44. The molecule has 1 aliphatic rings. The number of aromatic amines is 1. The van der Waals surface area contributed by atoms with Crippen LogP contribution in [0.5, 0.6) is 0 Å². The summed E-state index contributed by atoms with van der Waals surface area (Å²) in [5, 5.41) is 17.0. The number of aryl methyl sites for hydroxylation is 1. The highest BCUT2D eigenvalue weighted by atomic mass is 19.1. The summed E-state index contributed by atoms with van der Waals surface area (Å²) in [4.78, 5) is 6.51. The molecular weight excluding hydrogens is 271 g/mol. The molecule has 21 heavy (non-hydrogen) atoms. The van der Waals surface area contributed by atoms with E-state index in [0.29, 0.717) is 19.5 Å². The predicted octanol–water partition coefficient (Wildman–Crippen LogP) is 1.81. The largest absolute Gasteiger partial charge is 0.392 e. The highest BCUT2D eigenvalue weighted by Crippen LogP contribution is 2.33. The van der Waals surface area contributed by atoms with Crippen molar-refractivity contribution >= 4 is 0 Å². The van der Waals surface area contributed by atoms with Crippen LogP contribution in [0.1, 0.15) is 36.6 Å². The van der Waals surface area contributed by atoms with Gasteiger partial charge in [-0.15, -0.1) is 0 Å². The van der Waals surface area contributed by atoms with Gasteiger partial charge >= 0.3 is 0 Å². The topological polar surface area (TPSA) is 65.0 Å². The van der Waals surface area contributed by atoms with Crippen LogP contribution in [0.25, 0.3) is 0 Å². The van der Waals surface area contributed by atoms with Crippen LogP contribution in [0.4, 0.5) is 4.39 Å². The molecule has 2 N–H and O–H groups in total. The molecule has 6 heteroatoms. The number of aliphatic hydroxyl groups is 1. The summed E-state index contributed by atoms with van der Waals surface area (Å²) in [6.45, 7) is 3.14. The molecule has 0 spiro atoms. The summed E-state index contributed by atoms with van der Waals surface area (Å²) in [7, 11) is 0. The summed E-state index contributed by atoms with van der Waals surface area (Å²) >= 11 is 0. The molecule has 1 aliphatic heterocycles. The summed E-state index contributed by atoms with van der Waals surface area (Å²) in [6.07, 6.45) is 0.997. The first-order valence-corrected chi connectivity index (χ1v) is 7.23. The Hall–Kier alpha value is -1.79. The molecule has 1 saturated heterocycles. The van der Waals surface area contributed by atoms with Crippen LogP contribution < -0.4 is 0 Å². The van der Waals surface area contributed by atoms with Gasteiger partial charge in [-0.05, 0) is 24.1 Å². The molecule has 0 bridgehead atoms. The molecule has 0 saturated carbocycles. The quantitative estimate of drug-likeness (QED) is 0.901. The first-order chi connectivity index (χ1) is 10.2. The maximum absolute atomic E-state index is 13.4. The van der Waals surface area contributed by atoms with E-state index in [2.05, 4.69) is 20.1 Å². The normalized spacial score (nSPS) is 22.8. The third-order valence-electron chi connectivity index (χ3n) is 3.86. The SMILES string of the molecule is CCc1n[nH]c(CN2C[C@@H](O)C[C@H]2c2cccc(F)c2)n1. The molecule has 0 amide bonds. The molecule has 2 heterocycles. The molecule has 0 aliphatic carbocycles. The summed E-state index contributed by atoms with van der Waals surface area (Å²) in [5.41, 5.74) is 0.891. The van der Waals surface area contributed by atoms with Crippen LogP contribution in [0.3, 0.4) is 0 Å². The van der Waals surface area contributed by atoms with E-state index >= 15 is 0 Å². The minimum absolute atomic E-state index is 0.00544. The lowest BCUT2D eigenvalue weighted by Crippen LogP contribution is -2.25. The van der Waals surface area contributed by atoms with E-state index < -0.39 is 6.10 Å². The number of likely N-dealkylation sites (tertiary alicyclic amines) is 1. The number of nitrogens with zero attached hydrogens (tertiary/aromatic N) is 3. The van der Waals surface area contributed by atoms with Gasteiger partial charge in [-0.2, -0.15) is 5.10 Å². The van der Waals surface area contributed by atoms with Crippen LogP contribution in [-0.2, 0) is 13.0 Å². The summed E-state index contributed by atoms with van der Waals surface area (Å²) < 4.78 is 13.4. The van der Waals surface area contributed by atoms with Crippen LogP contribution in [0, 0.1) is 5.82 Å². The van der Waals surface area contributed by atoms with Crippen LogP contribution >= 0.6 is 0 Å². The predicted molar refractivity (Wildman–Crippen MR) is 75.9 cm³/mol. The number of hydrogen-bond acceptors (Lipinski definition) is 4. The number of aromatic nitrogens is 3. The Morgan fingerprint density at radius 3 is 3.05 bits per heavy atom. The Balaban J connectivity index is 1.79. The fraction of sp³-hybridized carbons (Fsp3) is 0.467. The third-order valence-corrected chi connectivity index (χ3v) is 3.86. The second-order valence-electron chi connectivity index (χ2n) is 5.44. The van der Waals surface area contributed by atoms with Crippen LogP contribution in [0.15, 0.2) is 24.3 Å². The molecule has 0 radical (unpaired) electrons. The highest BCUT2D eigenvalue weighted by molar-refractivity contribution is 5.22. The van der Waals surface area contributed by atoms with Crippen LogP contribution in [-0.4, -0.2) is 37.8 Å². The van der Waals surface area contributed by atoms with Gasteiger partial charge in [-0.1, -0.05) is 19.1 Å². The van der Waals surface area contributed by atoms with E-state index in [1.165, 1.54) is 12.1 Å². The number of benzene rings is 1. The van der Waals surface area contributed by atoms with Gasteiger partial charge in [0.15, 0.2) is 0 Å². The van der Waals surface area contributed by atoms with Gasteiger partial charge in [-0.25, -0.2) is 9.37 Å². The number of hydrogen-bond donors (Lipinski definition) is 2. The molecule has 112 valence electrons. The van der Waals surface area contributed by atoms with Crippen molar-refractivity contribution in [1.29, 1.82) is 0 Å². The Labute approximate surface area is 122 Å². The molecule has 5 nitrogen and oxygen atoms in total. The first-order valence-electron chi connectivity index (χ1n) is 7.23. The lowest BCUT2D eigenvalue weighted by Gasteiger charge is -2.23. The molecule has 1 aromatic carbocycles. The van der Waals surface area contributed by atoms with Gasteiger partial charge in [0.1, 0.15) is 17.5 Å². The number of β-amino-alcohol motifs (C(OH)–C–C–N with tert-alkyl or cyclic N) is 1. The van der Waals surface area contributed by atoms with Gasteiger partial charge in [0.25, 0.3) is 0 Å². The zero-order chi connectivity index (χ0) is 14.8. The zero-order valence-electron chi connectivity index (χ0n) is 12.0. The van der Waals surface area contributed by atoms with Crippen molar-refractivity contribution in [3.8, 4) is 0 Å². The van der Waals surface area contributed by atoms with E-state index in [9.17, 15) is 9.50 Å². The van der Waals surface area contributed by atoms with E-state index in [-0.39, 0.29) is 11.9 Å². The fourth-order valence-electron chi connectivity index (χ4n) is 2.87. The third kappa shape index (κ3) is 3.11. The Morgan fingerprint density at radius 1 is 1.48 bits per heavy atom. The molecule has 0 unspecified atom stereocenters. The highest BCUT2D eigenvalue weighted by Gasteiger charge is 2.32. The number of aliphatic hydroxyl groups excluding tert-OH is 1. The lowest BCUT2D eigenvalue weighted by molar-refractivity contribution is 0.171. The Kier molecular flexibility index (Phi) is 3.98. The monoisotopic (exact) mass is 290 g/mol. The lowest BCUT2D eigenvalue weighted by atomic mass is 10.0. The van der Waals surface area contributed by atoms with Gasteiger partial charge in [0, 0.05) is 19.0 Å². The first kappa shape index (κ1) is 14.2. The molecule has 1 fully saturated rings. The van der Waals surface area contributed by atoms with Crippen molar-refractivity contribution in [1.82, 2.24) is 20.1 Å². The Bertz CT molecular complexity index is 615. The van der Waals surface area contributed by atoms with Crippen molar-refractivity contribution in [2.24, 2.45) is 0 Å². The van der Waals surface area contributed by atoms with Gasteiger partial charge in [-0.3, -0.25) is 10.00 Å². The minimum atomic E-state index is -0.396. The molecule has 2 aromatic rings. The van der Waals surface area contributed by atoms with E-state index in [1.807, 2.05) is 13.0 Å². The molecule has 2 atom stereocenters. The van der Waals surface area contributed by atoms with E-state index in [4.69, 9.17) is 0 Å². The number of rotatable bonds is 4. The second kappa shape index (κ2) is 5.91. The van der Waals surface area contributed by atoms with E-state index in [1.54, 1.807) is 6.07 Å². The standard InChI is InChI=1S/C15H19FN4O/c1-2-14-17-15(19-18-14)9-20-8-12(21)7-13(20)10-4-3-5-11(16)6-10/h3-6,12-13,21H,2,7-9H2,1H3,(H,17,18,19)/t12-,13-/m0/s1. The van der Waals surface area contributed by atoms with Gasteiger partial charge < -0.3 is 5.11 Å². The number of halogens is 1. The molecular formula is C15H19FN4O. The Morgan fingerprint density at radius 2 is 2.33 bits per heavy atom. The maximum Gasteiger partial charge on any atom is 0.150 e. The molecule has 1 aromatic heterocycles. The molecule has 3 rings (SSSR count). The van der Waals surface area contributed by atoms with Crippen LogP contribution in [0.2, 0.25) is 0 Å². The average Bonchev–Trinajstić information content (AvgIpc) is 3.06. The van der Waals surface area contributed by atoms with E-state index in [0.717, 1.165) is 23.6 Å². The summed E-state index contributed by atoms with van der Waals surface area (Å²) in [5.74, 6) is 1.32. The number of nitrogens with one attached hydrogen (secondary N) is 1. The van der Waals surface area contributed by atoms with Gasteiger partial charge in [0.05, 0.1) is 12.6 Å². The fourth-order valence-corrected chi connectivity index (χ4v) is 2.87. The van der Waals surface area contributed by atoms with Crippen molar-refractivity contribution in [2.75, 3.05) is 6.54 Å².